The van der Waals surface area contributed by atoms with E-state index in [0.29, 0.717) is 6.04 Å². The van der Waals surface area contributed by atoms with E-state index in [9.17, 15) is 4.79 Å². The van der Waals surface area contributed by atoms with Crippen LogP contribution < -0.4 is 0 Å². The average molecular weight is 317 g/mol. The number of hydrogen-bond acceptors (Lipinski definition) is 3. The summed E-state index contributed by atoms with van der Waals surface area (Å²) in [5.74, 6) is 0.164. The highest BCUT2D eigenvalue weighted by Crippen LogP contribution is 2.25. The van der Waals surface area contributed by atoms with Crippen molar-refractivity contribution >= 4 is 33.2 Å². The summed E-state index contributed by atoms with van der Waals surface area (Å²) >= 11 is 5.02. The largest absolute Gasteiger partial charge is 0.334 e. The molecule has 1 aromatic rings. The van der Waals surface area contributed by atoms with Crippen molar-refractivity contribution in [2.45, 2.75) is 39.2 Å². The molecule has 1 amide bonds. The fourth-order valence-corrected chi connectivity index (χ4v) is 3.84. The van der Waals surface area contributed by atoms with Crippen molar-refractivity contribution in [3.8, 4) is 0 Å². The molecule has 1 atom stereocenters. The molecule has 94 valence electrons. The number of aromatic nitrogens is 1. The molecule has 0 spiro atoms. The van der Waals surface area contributed by atoms with Crippen molar-refractivity contribution in [3.05, 3.63) is 15.6 Å². The molecule has 0 aliphatic carbocycles. The molecule has 1 fully saturated rings. The molecule has 17 heavy (non-hydrogen) atoms. The third-order valence-electron chi connectivity index (χ3n) is 3.16. The Balaban J connectivity index is 2.21. The van der Waals surface area contributed by atoms with Crippen LogP contribution in [0.25, 0.3) is 0 Å². The fourth-order valence-electron chi connectivity index (χ4n) is 2.29. The monoisotopic (exact) mass is 316 g/mol. The predicted octanol–water partition coefficient (Wildman–Crippen LogP) is 3.15. The van der Waals surface area contributed by atoms with E-state index in [1.54, 1.807) is 0 Å². The van der Waals surface area contributed by atoms with E-state index in [-0.39, 0.29) is 5.91 Å². The number of amides is 1. The third kappa shape index (κ3) is 2.71. The number of aryl methyl sites for hydroxylation is 2. The number of hydrogen-bond donors (Lipinski definition) is 0. The Morgan fingerprint density at radius 2 is 2.29 bits per heavy atom. The van der Waals surface area contributed by atoms with Crippen molar-refractivity contribution in [2.24, 2.45) is 0 Å². The molecule has 0 N–H and O–H groups in total. The normalized spacial score (nSPS) is 20.6. The average Bonchev–Trinajstić information content (AvgIpc) is 2.67. The number of halogens is 1. The summed E-state index contributed by atoms with van der Waals surface area (Å²) in [6.07, 6.45) is 3.45. The highest BCUT2D eigenvalue weighted by atomic mass is 79.9. The Morgan fingerprint density at radius 1 is 1.53 bits per heavy atom. The first-order valence-electron chi connectivity index (χ1n) is 5.94. The molecule has 0 radical (unpaired) electrons. The number of alkyl halides is 1. The van der Waals surface area contributed by atoms with Crippen LogP contribution in [0.1, 0.15) is 39.6 Å². The Morgan fingerprint density at radius 3 is 2.88 bits per heavy atom. The molecular formula is C12H17BrN2OS. The first-order chi connectivity index (χ1) is 8.13. The second-order valence-corrected chi connectivity index (χ2v) is 6.30. The van der Waals surface area contributed by atoms with E-state index in [2.05, 4.69) is 20.9 Å². The Labute approximate surface area is 114 Å². The summed E-state index contributed by atoms with van der Waals surface area (Å²) in [6.45, 7) is 4.75. The summed E-state index contributed by atoms with van der Waals surface area (Å²) in [6, 6.07) is 0.345. The van der Waals surface area contributed by atoms with Gasteiger partial charge in [0.25, 0.3) is 5.91 Å². The van der Waals surface area contributed by atoms with Gasteiger partial charge in [0.05, 0.1) is 10.7 Å². The number of carbonyl (C=O) groups excluding carboxylic acids is 1. The van der Waals surface area contributed by atoms with Crippen LogP contribution in [0.5, 0.6) is 0 Å². The van der Waals surface area contributed by atoms with Crippen LogP contribution in [-0.2, 0) is 0 Å². The van der Waals surface area contributed by atoms with Gasteiger partial charge in [-0.3, -0.25) is 4.79 Å². The lowest BCUT2D eigenvalue weighted by Gasteiger charge is -2.34. The van der Waals surface area contributed by atoms with Gasteiger partial charge in [0, 0.05) is 17.9 Å². The summed E-state index contributed by atoms with van der Waals surface area (Å²) < 4.78 is 0. The van der Waals surface area contributed by atoms with Crippen LogP contribution in [0.4, 0.5) is 0 Å². The van der Waals surface area contributed by atoms with Crippen LogP contribution in [-0.4, -0.2) is 33.7 Å². The van der Waals surface area contributed by atoms with Gasteiger partial charge in [-0.1, -0.05) is 15.9 Å². The van der Waals surface area contributed by atoms with Gasteiger partial charge in [0.2, 0.25) is 0 Å². The molecule has 0 aromatic carbocycles. The number of nitrogens with zero attached hydrogens (tertiary/aromatic N) is 2. The van der Waals surface area contributed by atoms with E-state index < -0.39 is 0 Å². The summed E-state index contributed by atoms with van der Waals surface area (Å²) in [5.41, 5.74) is 0.872. The molecule has 0 bridgehead atoms. The summed E-state index contributed by atoms with van der Waals surface area (Å²) in [5, 5.41) is 1.84. The van der Waals surface area contributed by atoms with Crippen molar-refractivity contribution in [1.82, 2.24) is 9.88 Å². The van der Waals surface area contributed by atoms with Gasteiger partial charge >= 0.3 is 0 Å². The Bertz CT molecular complexity index is 419. The van der Waals surface area contributed by atoms with Crippen molar-refractivity contribution in [3.63, 3.8) is 0 Å². The van der Waals surface area contributed by atoms with Gasteiger partial charge < -0.3 is 4.90 Å². The number of likely N-dealkylation sites (tertiary alicyclic amines) is 1. The molecule has 1 unspecified atom stereocenters. The maximum Gasteiger partial charge on any atom is 0.266 e. The van der Waals surface area contributed by atoms with Gasteiger partial charge in [-0.15, -0.1) is 11.3 Å². The first kappa shape index (κ1) is 13.0. The van der Waals surface area contributed by atoms with Gasteiger partial charge in [0.15, 0.2) is 0 Å². The van der Waals surface area contributed by atoms with E-state index in [4.69, 9.17) is 0 Å². The number of rotatable bonds is 2. The Kier molecular flexibility index (Phi) is 4.20. The zero-order chi connectivity index (χ0) is 12.4. The van der Waals surface area contributed by atoms with Gasteiger partial charge in [-0.05, 0) is 33.1 Å². The lowest BCUT2D eigenvalue weighted by atomic mass is 10.0. The predicted molar refractivity (Wildman–Crippen MR) is 74.1 cm³/mol. The van der Waals surface area contributed by atoms with E-state index in [1.807, 2.05) is 18.7 Å². The maximum atomic E-state index is 12.5. The van der Waals surface area contributed by atoms with Crippen LogP contribution in [0.2, 0.25) is 0 Å². The maximum absolute atomic E-state index is 12.5. The minimum Gasteiger partial charge on any atom is -0.334 e. The van der Waals surface area contributed by atoms with Crippen LogP contribution in [0, 0.1) is 13.8 Å². The molecule has 1 aliphatic heterocycles. The molecule has 3 nitrogen and oxygen atoms in total. The first-order valence-corrected chi connectivity index (χ1v) is 7.88. The fraction of sp³-hybridized carbons (Fsp3) is 0.667. The molecule has 2 rings (SSSR count). The minimum atomic E-state index is 0.164. The van der Waals surface area contributed by atoms with E-state index in [0.717, 1.165) is 40.3 Å². The highest BCUT2D eigenvalue weighted by Gasteiger charge is 2.28. The van der Waals surface area contributed by atoms with Crippen LogP contribution in [0.3, 0.4) is 0 Å². The molecular weight excluding hydrogens is 300 g/mol. The number of piperidine rings is 1. The van der Waals surface area contributed by atoms with Gasteiger partial charge in [-0.2, -0.15) is 0 Å². The van der Waals surface area contributed by atoms with Crippen molar-refractivity contribution < 1.29 is 4.79 Å². The quantitative estimate of drug-likeness (QED) is 0.785. The topological polar surface area (TPSA) is 33.2 Å². The highest BCUT2D eigenvalue weighted by molar-refractivity contribution is 9.09. The summed E-state index contributed by atoms with van der Waals surface area (Å²) in [4.78, 5) is 19.6. The lowest BCUT2D eigenvalue weighted by Crippen LogP contribution is -2.44. The van der Waals surface area contributed by atoms with Crippen molar-refractivity contribution in [1.29, 1.82) is 0 Å². The molecule has 5 heteroatoms. The van der Waals surface area contributed by atoms with Crippen molar-refractivity contribution in [2.75, 3.05) is 11.9 Å². The second kappa shape index (κ2) is 5.48. The smallest absolute Gasteiger partial charge is 0.266 e. The second-order valence-electron chi connectivity index (χ2n) is 4.45. The summed E-state index contributed by atoms with van der Waals surface area (Å²) in [7, 11) is 0. The van der Waals surface area contributed by atoms with Gasteiger partial charge in [-0.25, -0.2) is 4.98 Å². The molecule has 2 heterocycles. The molecule has 1 saturated heterocycles. The zero-order valence-corrected chi connectivity index (χ0v) is 12.6. The Hall–Kier alpha value is -0.420. The van der Waals surface area contributed by atoms with Crippen LogP contribution >= 0.6 is 27.3 Å². The molecule has 0 saturated carbocycles. The third-order valence-corrected chi connectivity index (χ3v) is 4.97. The zero-order valence-electron chi connectivity index (χ0n) is 10.2. The van der Waals surface area contributed by atoms with E-state index in [1.165, 1.54) is 17.8 Å². The molecule has 1 aliphatic rings. The lowest BCUT2D eigenvalue weighted by molar-refractivity contribution is 0.0646. The standard InChI is InChI=1S/C12H17BrN2OS/c1-8-11(17-9(2)14-8)12(16)15-6-4-3-5-10(15)7-13/h10H,3-7H2,1-2H3. The number of carbonyl (C=O) groups is 1. The minimum absolute atomic E-state index is 0.164. The number of thiazole rings is 1. The molecule has 1 aromatic heterocycles. The SMILES string of the molecule is Cc1nc(C)c(C(=O)N2CCCCC2CBr)s1. The van der Waals surface area contributed by atoms with Gasteiger partial charge in [0.1, 0.15) is 4.88 Å². The van der Waals surface area contributed by atoms with Crippen LogP contribution in [0.15, 0.2) is 0 Å². The van der Waals surface area contributed by atoms with E-state index >= 15 is 0 Å².